The average Bonchev–Trinajstić information content (AvgIpc) is 2.94. The summed E-state index contributed by atoms with van der Waals surface area (Å²) in [5.41, 5.74) is 2.27. The molecule has 192 valence electrons. The molecule has 3 nitrogen and oxygen atoms in total. The fourth-order valence-corrected chi connectivity index (χ4v) is 5.38. The molecule has 0 radical (unpaired) electrons. The molecule has 5 aromatic rings. The van der Waals surface area contributed by atoms with Crippen molar-refractivity contribution in [2.45, 2.75) is 38.8 Å². The molecule has 0 bridgehead atoms. The van der Waals surface area contributed by atoms with Gasteiger partial charge in [0.2, 0.25) is 5.91 Å². The van der Waals surface area contributed by atoms with Crippen LogP contribution in [0.2, 0.25) is 5.02 Å². The minimum Gasteiger partial charge on any atom is -0.494 e. The van der Waals surface area contributed by atoms with Gasteiger partial charge in [-0.1, -0.05) is 90.5 Å². The second-order valence-corrected chi connectivity index (χ2v) is 10.3. The van der Waals surface area contributed by atoms with Crippen LogP contribution in [0.1, 0.15) is 37.3 Å². The summed E-state index contributed by atoms with van der Waals surface area (Å²) in [7, 11) is 0. The van der Waals surface area contributed by atoms with Crippen molar-refractivity contribution in [3.05, 3.63) is 125 Å². The van der Waals surface area contributed by atoms with Crippen molar-refractivity contribution in [1.29, 1.82) is 0 Å². The highest BCUT2D eigenvalue weighted by atomic mass is 35.5. The molecule has 0 aliphatic heterocycles. The van der Waals surface area contributed by atoms with E-state index in [4.69, 9.17) is 16.3 Å². The van der Waals surface area contributed by atoms with Crippen molar-refractivity contribution < 1.29 is 9.53 Å². The van der Waals surface area contributed by atoms with E-state index >= 15 is 0 Å². The molecule has 1 amide bonds. The number of carbonyl (C=O) groups excluding carboxylic acids is 1. The van der Waals surface area contributed by atoms with Gasteiger partial charge in [0.15, 0.2) is 0 Å². The normalized spacial score (nSPS) is 12.8. The second-order valence-electron chi connectivity index (χ2n) is 9.87. The van der Waals surface area contributed by atoms with E-state index in [0.717, 1.165) is 28.7 Å². The Kier molecular flexibility index (Phi) is 7.95. The van der Waals surface area contributed by atoms with Gasteiger partial charge in [-0.25, -0.2) is 0 Å². The van der Waals surface area contributed by atoms with E-state index in [1.807, 2.05) is 47.4 Å². The summed E-state index contributed by atoms with van der Waals surface area (Å²) in [6.45, 7) is 4.88. The Labute approximate surface area is 229 Å². The van der Waals surface area contributed by atoms with Crippen LogP contribution in [0.4, 0.5) is 0 Å². The maximum absolute atomic E-state index is 12.9. The maximum Gasteiger partial charge on any atom is 0.220 e. The molecule has 0 aliphatic carbocycles. The molecule has 2 unspecified atom stereocenters. The third-order valence-corrected chi connectivity index (χ3v) is 7.61. The van der Waals surface area contributed by atoms with Crippen LogP contribution < -0.4 is 4.74 Å². The lowest BCUT2D eigenvalue weighted by molar-refractivity contribution is -0.132. The Morgan fingerprint density at radius 2 is 1.39 bits per heavy atom. The number of hydrogen-bond acceptors (Lipinski definition) is 2. The first kappa shape index (κ1) is 25.8. The smallest absolute Gasteiger partial charge is 0.220 e. The number of benzene rings is 5. The lowest BCUT2D eigenvalue weighted by Gasteiger charge is -2.35. The van der Waals surface area contributed by atoms with E-state index in [1.165, 1.54) is 16.2 Å². The summed E-state index contributed by atoms with van der Waals surface area (Å²) in [6, 6.07) is 37.1. The van der Waals surface area contributed by atoms with Crippen LogP contribution in [0.15, 0.2) is 109 Å². The zero-order chi connectivity index (χ0) is 26.5. The molecule has 0 fully saturated rings. The van der Waals surface area contributed by atoms with Gasteiger partial charge in [-0.05, 0) is 76.3 Å². The van der Waals surface area contributed by atoms with E-state index in [1.54, 1.807) is 6.92 Å². The quantitative estimate of drug-likeness (QED) is 0.194. The number of amides is 1. The molecule has 5 aromatic carbocycles. The van der Waals surface area contributed by atoms with Gasteiger partial charge in [-0.2, -0.15) is 0 Å². The Balaban J connectivity index is 1.36. The molecule has 38 heavy (non-hydrogen) atoms. The van der Waals surface area contributed by atoms with Crippen LogP contribution in [0.3, 0.4) is 0 Å². The predicted octanol–water partition coefficient (Wildman–Crippen LogP) is 8.64. The van der Waals surface area contributed by atoms with E-state index in [9.17, 15) is 4.79 Å². The summed E-state index contributed by atoms with van der Waals surface area (Å²) in [5.74, 6) is 0.989. The molecule has 0 saturated heterocycles. The van der Waals surface area contributed by atoms with Crippen molar-refractivity contribution in [3.63, 3.8) is 0 Å². The predicted molar refractivity (Wildman–Crippen MR) is 158 cm³/mol. The lowest BCUT2D eigenvalue weighted by Crippen LogP contribution is -2.40. The van der Waals surface area contributed by atoms with Gasteiger partial charge in [0.05, 0.1) is 6.61 Å². The minimum atomic E-state index is -0.0413. The first-order chi connectivity index (χ1) is 18.5. The van der Waals surface area contributed by atoms with Crippen molar-refractivity contribution in [2.24, 2.45) is 0 Å². The lowest BCUT2D eigenvalue weighted by atomic mass is 9.88. The summed E-state index contributed by atoms with van der Waals surface area (Å²) >= 11 is 6.21. The minimum absolute atomic E-state index is 0.0413. The highest BCUT2D eigenvalue weighted by Gasteiger charge is 2.27. The van der Waals surface area contributed by atoms with Crippen molar-refractivity contribution >= 4 is 39.1 Å². The molecule has 4 heteroatoms. The summed E-state index contributed by atoms with van der Waals surface area (Å²) in [6.07, 6.45) is 0.761. The Morgan fingerprint density at radius 1 is 0.789 bits per heavy atom. The van der Waals surface area contributed by atoms with Crippen LogP contribution in [-0.2, 0) is 11.3 Å². The van der Waals surface area contributed by atoms with Gasteiger partial charge in [0.25, 0.3) is 0 Å². The standard InChI is InChI=1S/C34H32ClNO2/c1-24(36(25(2)37)23-26-11-12-27-7-3-5-9-30(27)21-26)34(29-13-16-32(35)17-14-29)19-20-38-33-18-15-28-8-4-6-10-31(28)22-33/h3-18,21-22,24,34H,19-20,23H2,1-2H3. The van der Waals surface area contributed by atoms with E-state index in [2.05, 4.69) is 73.7 Å². The average molecular weight is 522 g/mol. The fraction of sp³-hybridized carbons (Fsp3) is 0.206. The largest absolute Gasteiger partial charge is 0.494 e. The van der Waals surface area contributed by atoms with Crippen molar-refractivity contribution in [2.75, 3.05) is 6.61 Å². The summed E-state index contributed by atoms with van der Waals surface area (Å²) < 4.78 is 6.22. The van der Waals surface area contributed by atoms with Gasteiger partial charge in [0, 0.05) is 30.5 Å². The molecule has 2 atom stereocenters. The number of fused-ring (bicyclic) bond motifs is 2. The van der Waals surface area contributed by atoms with Crippen LogP contribution in [0.25, 0.3) is 21.5 Å². The molecule has 0 spiro atoms. The van der Waals surface area contributed by atoms with E-state index in [0.29, 0.717) is 18.2 Å². The molecular formula is C34H32ClNO2. The van der Waals surface area contributed by atoms with Gasteiger partial charge >= 0.3 is 0 Å². The summed E-state index contributed by atoms with van der Waals surface area (Å²) in [4.78, 5) is 14.9. The number of nitrogens with zero attached hydrogens (tertiary/aromatic N) is 1. The second kappa shape index (κ2) is 11.7. The van der Waals surface area contributed by atoms with Crippen LogP contribution in [0.5, 0.6) is 5.75 Å². The fourth-order valence-electron chi connectivity index (χ4n) is 5.25. The first-order valence-corrected chi connectivity index (χ1v) is 13.5. The SMILES string of the molecule is CC(=O)N(Cc1ccc2ccccc2c1)C(C)C(CCOc1ccc2ccccc2c1)c1ccc(Cl)cc1. The molecular weight excluding hydrogens is 490 g/mol. The monoisotopic (exact) mass is 521 g/mol. The number of rotatable bonds is 9. The number of halogens is 1. The maximum atomic E-state index is 12.9. The third kappa shape index (κ3) is 6.00. The zero-order valence-corrected chi connectivity index (χ0v) is 22.6. The van der Waals surface area contributed by atoms with Gasteiger partial charge in [0.1, 0.15) is 5.75 Å². The number of carbonyl (C=O) groups is 1. The topological polar surface area (TPSA) is 29.5 Å². The van der Waals surface area contributed by atoms with E-state index in [-0.39, 0.29) is 17.9 Å². The van der Waals surface area contributed by atoms with Crippen LogP contribution >= 0.6 is 11.6 Å². The Bertz CT molecular complexity index is 1550. The van der Waals surface area contributed by atoms with Gasteiger partial charge in [-0.3, -0.25) is 4.79 Å². The molecule has 5 rings (SSSR count). The van der Waals surface area contributed by atoms with Crippen LogP contribution in [0, 0.1) is 0 Å². The summed E-state index contributed by atoms with van der Waals surface area (Å²) in [5, 5.41) is 5.43. The van der Waals surface area contributed by atoms with Gasteiger partial charge in [-0.15, -0.1) is 0 Å². The van der Waals surface area contributed by atoms with Crippen LogP contribution in [-0.4, -0.2) is 23.5 Å². The highest BCUT2D eigenvalue weighted by molar-refractivity contribution is 6.30. The Morgan fingerprint density at radius 3 is 2.05 bits per heavy atom. The number of ether oxygens (including phenoxy) is 1. The molecule has 0 N–H and O–H groups in total. The molecule has 0 saturated carbocycles. The molecule has 0 aliphatic rings. The first-order valence-electron chi connectivity index (χ1n) is 13.1. The Hall–Kier alpha value is -3.82. The molecule has 0 heterocycles. The van der Waals surface area contributed by atoms with E-state index < -0.39 is 0 Å². The third-order valence-electron chi connectivity index (χ3n) is 7.36. The van der Waals surface area contributed by atoms with Crippen molar-refractivity contribution in [3.8, 4) is 5.75 Å². The van der Waals surface area contributed by atoms with Gasteiger partial charge < -0.3 is 9.64 Å². The zero-order valence-electron chi connectivity index (χ0n) is 21.8. The molecule has 0 aromatic heterocycles. The highest BCUT2D eigenvalue weighted by Crippen LogP contribution is 2.30. The number of hydrogen-bond donors (Lipinski definition) is 0. The van der Waals surface area contributed by atoms with Crippen molar-refractivity contribution in [1.82, 2.24) is 4.90 Å².